The Labute approximate surface area is 113 Å². The first-order valence-corrected chi connectivity index (χ1v) is 7.20. The average molecular weight is 259 g/mol. The van der Waals surface area contributed by atoms with Crippen LogP contribution >= 0.6 is 0 Å². The van der Waals surface area contributed by atoms with Gasteiger partial charge in [0.1, 0.15) is 5.84 Å². The second-order valence-corrected chi connectivity index (χ2v) is 5.63. The third-order valence-electron chi connectivity index (χ3n) is 4.51. The molecule has 5 nitrogen and oxygen atoms in total. The molecular formula is C14H21N5. The summed E-state index contributed by atoms with van der Waals surface area (Å²) in [4.78, 5) is 2.36. The maximum Gasteiger partial charge on any atom is 0.162 e. The summed E-state index contributed by atoms with van der Waals surface area (Å²) in [6.07, 6.45) is 9.37. The molecule has 102 valence electrons. The number of nitrogens with one attached hydrogen (secondary N) is 1. The Balaban J connectivity index is 1.94. The SMILES string of the molecule is N=C(N)c1ccnnc1N1CCCC2CCCCC21. The highest BCUT2D eigenvalue weighted by Crippen LogP contribution is 2.37. The molecule has 0 bridgehead atoms. The van der Waals surface area contributed by atoms with Crippen molar-refractivity contribution in [1.29, 1.82) is 5.41 Å². The molecule has 1 saturated carbocycles. The van der Waals surface area contributed by atoms with Crippen LogP contribution in [0.15, 0.2) is 12.3 Å². The zero-order valence-corrected chi connectivity index (χ0v) is 11.2. The molecule has 1 aliphatic carbocycles. The molecule has 3 rings (SSSR count). The van der Waals surface area contributed by atoms with Crippen LogP contribution in [0.1, 0.15) is 44.1 Å². The van der Waals surface area contributed by atoms with Crippen LogP contribution in [0.5, 0.6) is 0 Å². The number of aromatic nitrogens is 2. The third kappa shape index (κ3) is 2.29. The number of nitrogens with two attached hydrogens (primary N) is 1. The third-order valence-corrected chi connectivity index (χ3v) is 4.51. The predicted molar refractivity (Wildman–Crippen MR) is 75.4 cm³/mol. The van der Waals surface area contributed by atoms with Crippen LogP contribution in [0.4, 0.5) is 5.82 Å². The van der Waals surface area contributed by atoms with Gasteiger partial charge in [0.05, 0.1) is 11.8 Å². The standard InChI is InChI=1S/C14H21N5/c15-13(16)11-7-8-17-18-14(11)19-9-3-5-10-4-1-2-6-12(10)19/h7-8,10,12H,1-6,9H2,(H3,15,16). The van der Waals surface area contributed by atoms with E-state index in [1.165, 1.54) is 38.5 Å². The lowest BCUT2D eigenvalue weighted by Gasteiger charge is -2.45. The Hall–Kier alpha value is -1.65. The first-order chi connectivity index (χ1) is 9.27. The number of amidine groups is 1. The number of nitrogen functional groups attached to an aromatic ring is 1. The van der Waals surface area contributed by atoms with Gasteiger partial charge < -0.3 is 10.6 Å². The molecule has 0 spiro atoms. The van der Waals surface area contributed by atoms with Crippen LogP contribution < -0.4 is 10.6 Å². The summed E-state index contributed by atoms with van der Waals surface area (Å²) in [7, 11) is 0. The minimum absolute atomic E-state index is 0.0860. The van der Waals surface area contributed by atoms with E-state index < -0.39 is 0 Å². The number of fused-ring (bicyclic) bond motifs is 1. The molecule has 5 heteroatoms. The minimum Gasteiger partial charge on any atom is -0.384 e. The highest BCUT2D eigenvalue weighted by molar-refractivity contribution is 5.99. The second kappa shape index (κ2) is 5.15. The summed E-state index contributed by atoms with van der Waals surface area (Å²) in [6.45, 7) is 1.01. The summed E-state index contributed by atoms with van der Waals surface area (Å²) < 4.78 is 0. The maximum atomic E-state index is 7.71. The van der Waals surface area contributed by atoms with Crippen LogP contribution in [0, 0.1) is 11.3 Å². The first-order valence-electron chi connectivity index (χ1n) is 7.20. The van der Waals surface area contributed by atoms with E-state index in [0.29, 0.717) is 6.04 Å². The van der Waals surface area contributed by atoms with Gasteiger partial charge in [-0.25, -0.2) is 0 Å². The van der Waals surface area contributed by atoms with Crippen molar-refractivity contribution in [3.05, 3.63) is 17.8 Å². The fourth-order valence-electron chi connectivity index (χ4n) is 3.63. The van der Waals surface area contributed by atoms with Crippen molar-refractivity contribution >= 4 is 11.7 Å². The van der Waals surface area contributed by atoms with Gasteiger partial charge in [-0.1, -0.05) is 12.8 Å². The van der Waals surface area contributed by atoms with Gasteiger partial charge in [-0.2, -0.15) is 5.10 Å². The molecule has 2 atom stereocenters. The quantitative estimate of drug-likeness (QED) is 0.628. The molecule has 2 heterocycles. The van der Waals surface area contributed by atoms with E-state index in [2.05, 4.69) is 15.1 Å². The molecule has 3 N–H and O–H groups in total. The number of hydrogen-bond donors (Lipinski definition) is 2. The zero-order valence-electron chi connectivity index (χ0n) is 11.2. The molecule has 0 amide bonds. The monoisotopic (exact) mass is 259 g/mol. The number of anilines is 1. The van der Waals surface area contributed by atoms with Crippen molar-refractivity contribution < 1.29 is 0 Å². The van der Waals surface area contributed by atoms with Gasteiger partial charge in [-0.05, 0) is 37.7 Å². The van der Waals surface area contributed by atoms with Gasteiger partial charge in [0.25, 0.3) is 0 Å². The average Bonchev–Trinajstić information content (AvgIpc) is 2.46. The lowest BCUT2D eigenvalue weighted by atomic mass is 9.78. The summed E-state index contributed by atoms with van der Waals surface area (Å²) in [5, 5.41) is 16.0. The molecule has 19 heavy (non-hydrogen) atoms. The maximum absolute atomic E-state index is 7.71. The Bertz CT molecular complexity index is 471. The second-order valence-electron chi connectivity index (χ2n) is 5.63. The highest BCUT2D eigenvalue weighted by atomic mass is 15.3. The van der Waals surface area contributed by atoms with Crippen LogP contribution in [0.2, 0.25) is 0 Å². The summed E-state index contributed by atoms with van der Waals surface area (Å²) >= 11 is 0. The Morgan fingerprint density at radius 3 is 2.89 bits per heavy atom. The summed E-state index contributed by atoms with van der Waals surface area (Å²) in [6, 6.07) is 2.37. The minimum atomic E-state index is 0.0860. The van der Waals surface area contributed by atoms with Gasteiger partial charge in [-0.15, -0.1) is 5.10 Å². The normalized spacial score (nSPS) is 26.8. The topological polar surface area (TPSA) is 78.9 Å². The van der Waals surface area contributed by atoms with E-state index in [-0.39, 0.29) is 5.84 Å². The lowest BCUT2D eigenvalue weighted by molar-refractivity contribution is 0.242. The van der Waals surface area contributed by atoms with E-state index >= 15 is 0 Å². The van der Waals surface area contributed by atoms with E-state index in [1.54, 1.807) is 12.3 Å². The van der Waals surface area contributed by atoms with E-state index in [9.17, 15) is 0 Å². The highest BCUT2D eigenvalue weighted by Gasteiger charge is 2.35. The molecule has 1 aromatic rings. The van der Waals surface area contributed by atoms with Gasteiger partial charge in [-0.3, -0.25) is 5.41 Å². The molecule has 0 aromatic carbocycles. The molecule has 0 radical (unpaired) electrons. The van der Waals surface area contributed by atoms with Crippen molar-refractivity contribution in [3.8, 4) is 0 Å². The molecule has 2 unspecified atom stereocenters. The molecule has 2 aliphatic rings. The van der Waals surface area contributed by atoms with E-state index in [4.69, 9.17) is 11.1 Å². The van der Waals surface area contributed by atoms with E-state index in [1.807, 2.05) is 0 Å². The summed E-state index contributed by atoms with van der Waals surface area (Å²) in [5.41, 5.74) is 6.40. The Morgan fingerprint density at radius 2 is 2.05 bits per heavy atom. The molecule has 2 fully saturated rings. The van der Waals surface area contributed by atoms with Crippen molar-refractivity contribution in [3.63, 3.8) is 0 Å². The largest absolute Gasteiger partial charge is 0.384 e. The van der Waals surface area contributed by atoms with Crippen LogP contribution in [0.3, 0.4) is 0 Å². The van der Waals surface area contributed by atoms with Gasteiger partial charge in [0, 0.05) is 12.6 Å². The number of rotatable bonds is 2. The fourth-order valence-corrected chi connectivity index (χ4v) is 3.63. The zero-order chi connectivity index (χ0) is 13.2. The molecule has 1 aliphatic heterocycles. The fraction of sp³-hybridized carbons (Fsp3) is 0.643. The van der Waals surface area contributed by atoms with Gasteiger partial charge in [0.2, 0.25) is 0 Å². The Kier molecular flexibility index (Phi) is 3.36. The lowest BCUT2D eigenvalue weighted by Crippen LogP contribution is -2.48. The number of hydrogen-bond acceptors (Lipinski definition) is 4. The van der Waals surface area contributed by atoms with Crippen molar-refractivity contribution in [2.45, 2.75) is 44.6 Å². The van der Waals surface area contributed by atoms with Crippen LogP contribution in [0.25, 0.3) is 0 Å². The number of piperidine rings is 1. The van der Waals surface area contributed by atoms with Gasteiger partial charge in [0.15, 0.2) is 5.82 Å². The molecular weight excluding hydrogens is 238 g/mol. The van der Waals surface area contributed by atoms with Crippen molar-refractivity contribution in [2.75, 3.05) is 11.4 Å². The Morgan fingerprint density at radius 1 is 1.26 bits per heavy atom. The van der Waals surface area contributed by atoms with Crippen LogP contribution in [-0.2, 0) is 0 Å². The van der Waals surface area contributed by atoms with Crippen molar-refractivity contribution in [1.82, 2.24) is 10.2 Å². The summed E-state index contributed by atoms with van der Waals surface area (Å²) in [5.74, 6) is 1.68. The molecule has 1 saturated heterocycles. The van der Waals surface area contributed by atoms with Crippen LogP contribution in [-0.4, -0.2) is 28.6 Å². The van der Waals surface area contributed by atoms with E-state index in [0.717, 1.165) is 23.8 Å². The van der Waals surface area contributed by atoms with Gasteiger partial charge >= 0.3 is 0 Å². The first kappa shape index (κ1) is 12.4. The number of nitrogens with zero attached hydrogens (tertiary/aromatic N) is 3. The smallest absolute Gasteiger partial charge is 0.162 e. The molecule has 1 aromatic heterocycles. The predicted octanol–water partition coefficient (Wildman–Crippen LogP) is 1.92. The van der Waals surface area contributed by atoms with Crippen molar-refractivity contribution in [2.24, 2.45) is 11.7 Å².